The van der Waals surface area contributed by atoms with Crippen LogP contribution in [-0.4, -0.2) is 38.2 Å². The van der Waals surface area contributed by atoms with E-state index in [9.17, 15) is 9.59 Å². The van der Waals surface area contributed by atoms with Gasteiger partial charge >= 0.3 is 5.97 Å². The molecule has 0 radical (unpaired) electrons. The third kappa shape index (κ3) is 8.35. The lowest BCUT2D eigenvalue weighted by Gasteiger charge is -2.18. The first-order valence-corrected chi connectivity index (χ1v) is 9.83. The molecule has 156 valence electrons. The molecule has 0 saturated carbocycles. The molecular formula is C23H29NO5. The van der Waals surface area contributed by atoms with Gasteiger partial charge in [-0.2, -0.15) is 0 Å². The number of hydrogen-bond donors (Lipinski definition) is 1. The maximum absolute atomic E-state index is 12.3. The Bertz CT molecular complexity index is 763. The number of amides is 1. The quantitative estimate of drug-likeness (QED) is 0.438. The van der Waals surface area contributed by atoms with Crippen molar-refractivity contribution in [2.45, 2.75) is 38.8 Å². The van der Waals surface area contributed by atoms with Crippen LogP contribution in [0.2, 0.25) is 0 Å². The SMILES string of the molecule is CCOC(=O)C(Cc1cccc(OC)c1)NC(=O)CCCOCc1ccccc1. The van der Waals surface area contributed by atoms with Crippen molar-refractivity contribution in [3.63, 3.8) is 0 Å². The average molecular weight is 399 g/mol. The third-order valence-electron chi connectivity index (χ3n) is 4.28. The molecular weight excluding hydrogens is 370 g/mol. The van der Waals surface area contributed by atoms with E-state index in [2.05, 4.69) is 5.32 Å². The van der Waals surface area contributed by atoms with Crippen LogP contribution < -0.4 is 10.1 Å². The van der Waals surface area contributed by atoms with Gasteiger partial charge in [0, 0.05) is 19.4 Å². The number of ether oxygens (including phenoxy) is 3. The molecule has 0 aliphatic heterocycles. The Morgan fingerprint density at radius 1 is 1.03 bits per heavy atom. The molecule has 0 fully saturated rings. The van der Waals surface area contributed by atoms with Gasteiger partial charge in [0.2, 0.25) is 5.91 Å². The van der Waals surface area contributed by atoms with Gasteiger partial charge in [-0.3, -0.25) is 4.79 Å². The summed E-state index contributed by atoms with van der Waals surface area (Å²) in [4.78, 5) is 24.6. The van der Waals surface area contributed by atoms with Crippen molar-refractivity contribution >= 4 is 11.9 Å². The largest absolute Gasteiger partial charge is 0.497 e. The zero-order chi connectivity index (χ0) is 20.9. The Balaban J connectivity index is 1.80. The van der Waals surface area contributed by atoms with E-state index in [1.807, 2.05) is 54.6 Å². The Labute approximate surface area is 172 Å². The van der Waals surface area contributed by atoms with Crippen molar-refractivity contribution in [3.8, 4) is 5.75 Å². The Hall–Kier alpha value is -2.86. The maximum Gasteiger partial charge on any atom is 0.328 e. The maximum atomic E-state index is 12.3. The van der Waals surface area contributed by atoms with Crippen LogP contribution >= 0.6 is 0 Å². The summed E-state index contributed by atoms with van der Waals surface area (Å²) in [7, 11) is 1.59. The highest BCUT2D eigenvalue weighted by atomic mass is 16.5. The second kappa shape index (κ2) is 12.6. The van der Waals surface area contributed by atoms with Crippen LogP contribution in [0.25, 0.3) is 0 Å². The van der Waals surface area contributed by atoms with Gasteiger partial charge in [0.15, 0.2) is 0 Å². The fourth-order valence-electron chi connectivity index (χ4n) is 2.84. The molecule has 0 spiro atoms. The first-order chi connectivity index (χ1) is 14.1. The fourth-order valence-corrected chi connectivity index (χ4v) is 2.84. The van der Waals surface area contributed by atoms with Crippen LogP contribution in [0.4, 0.5) is 0 Å². The molecule has 1 amide bonds. The molecule has 0 bridgehead atoms. The minimum Gasteiger partial charge on any atom is -0.497 e. The summed E-state index contributed by atoms with van der Waals surface area (Å²) in [6.07, 6.45) is 1.20. The van der Waals surface area contributed by atoms with Crippen molar-refractivity contribution in [3.05, 3.63) is 65.7 Å². The highest BCUT2D eigenvalue weighted by Crippen LogP contribution is 2.14. The standard InChI is InChI=1S/C23H29NO5/c1-3-29-23(26)21(16-19-11-7-12-20(15-19)27-2)24-22(25)13-8-14-28-17-18-9-5-4-6-10-18/h4-7,9-12,15,21H,3,8,13-14,16-17H2,1-2H3,(H,24,25). The molecule has 1 atom stereocenters. The van der Waals surface area contributed by atoms with E-state index in [0.29, 0.717) is 31.8 Å². The predicted molar refractivity (Wildman–Crippen MR) is 111 cm³/mol. The number of nitrogens with one attached hydrogen (secondary N) is 1. The Morgan fingerprint density at radius 2 is 1.79 bits per heavy atom. The smallest absolute Gasteiger partial charge is 0.328 e. The summed E-state index contributed by atoms with van der Waals surface area (Å²) < 4.78 is 15.9. The molecule has 2 aromatic rings. The van der Waals surface area contributed by atoms with Crippen molar-refractivity contribution in [1.82, 2.24) is 5.32 Å². The monoisotopic (exact) mass is 399 g/mol. The van der Waals surface area contributed by atoms with Crippen LogP contribution in [0.3, 0.4) is 0 Å². The van der Waals surface area contributed by atoms with Gasteiger partial charge < -0.3 is 19.5 Å². The number of methoxy groups -OCH3 is 1. The van der Waals surface area contributed by atoms with E-state index in [1.165, 1.54) is 0 Å². The number of carbonyl (C=O) groups is 2. The lowest BCUT2D eigenvalue weighted by molar-refractivity contribution is -0.147. The van der Waals surface area contributed by atoms with Gasteiger partial charge in [-0.1, -0.05) is 42.5 Å². The number of rotatable bonds is 12. The second-order valence-corrected chi connectivity index (χ2v) is 6.57. The van der Waals surface area contributed by atoms with Crippen LogP contribution in [0, 0.1) is 0 Å². The molecule has 6 heteroatoms. The molecule has 2 aromatic carbocycles. The number of carbonyl (C=O) groups excluding carboxylic acids is 2. The molecule has 0 aromatic heterocycles. The second-order valence-electron chi connectivity index (χ2n) is 6.57. The minimum atomic E-state index is -0.736. The van der Waals surface area contributed by atoms with E-state index in [1.54, 1.807) is 14.0 Å². The molecule has 0 heterocycles. The van der Waals surface area contributed by atoms with Crippen molar-refractivity contribution in [1.29, 1.82) is 0 Å². The zero-order valence-corrected chi connectivity index (χ0v) is 17.1. The summed E-state index contributed by atoms with van der Waals surface area (Å²) in [6.45, 7) is 3.00. The van der Waals surface area contributed by atoms with Crippen LogP contribution in [0.1, 0.15) is 30.9 Å². The highest BCUT2D eigenvalue weighted by molar-refractivity contribution is 5.84. The molecule has 29 heavy (non-hydrogen) atoms. The lowest BCUT2D eigenvalue weighted by Crippen LogP contribution is -2.43. The van der Waals surface area contributed by atoms with E-state index in [-0.39, 0.29) is 18.9 Å². The first kappa shape index (κ1) is 22.4. The van der Waals surface area contributed by atoms with Crippen LogP contribution in [0.15, 0.2) is 54.6 Å². The summed E-state index contributed by atoms with van der Waals surface area (Å²) in [5, 5.41) is 2.79. The third-order valence-corrected chi connectivity index (χ3v) is 4.28. The van der Waals surface area contributed by atoms with E-state index < -0.39 is 12.0 Å². The van der Waals surface area contributed by atoms with Gasteiger partial charge in [0.05, 0.1) is 20.3 Å². The van der Waals surface area contributed by atoms with Crippen molar-refractivity contribution in [2.24, 2.45) is 0 Å². The molecule has 1 N–H and O–H groups in total. The molecule has 0 aliphatic carbocycles. The number of esters is 1. The fraction of sp³-hybridized carbons (Fsp3) is 0.391. The Kier molecular flexibility index (Phi) is 9.72. The average Bonchev–Trinajstić information content (AvgIpc) is 2.74. The van der Waals surface area contributed by atoms with Gasteiger partial charge in [0.25, 0.3) is 0 Å². The van der Waals surface area contributed by atoms with Crippen LogP contribution in [-0.2, 0) is 32.1 Å². The molecule has 1 unspecified atom stereocenters. The van der Waals surface area contributed by atoms with Gasteiger partial charge in [-0.15, -0.1) is 0 Å². The van der Waals surface area contributed by atoms with E-state index >= 15 is 0 Å². The predicted octanol–water partition coefficient (Wildman–Crippen LogP) is 3.28. The molecule has 0 aliphatic rings. The van der Waals surface area contributed by atoms with Crippen LogP contribution in [0.5, 0.6) is 5.75 Å². The van der Waals surface area contributed by atoms with Gasteiger partial charge in [0.1, 0.15) is 11.8 Å². The number of benzene rings is 2. The van der Waals surface area contributed by atoms with E-state index in [0.717, 1.165) is 11.1 Å². The van der Waals surface area contributed by atoms with E-state index in [4.69, 9.17) is 14.2 Å². The van der Waals surface area contributed by atoms with Gasteiger partial charge in [-0.05, 0) is 36.6 Å². The molecule has 6 nitrogen and oxygen atoms in total. The minimum absolute atomic E-state index is 0.200. The normalized spacial score (nSPS) is 11.5. The summed E-state index contributed by atoms with van der Waals surface area (Å²) in [5.74, 6) is 0.0604. The molecule has 0 saturated heterocycles. The topological polar surface area (TPSA) is 73.9 Å². The summed E-state index contributed by atoms with van der Waals surface area (Å²) in [6, 6.07) is 16.5. The highest BCUT2D eigenvalue weighted by Gasteiger charge is 2.22. The first-order valence-electron chi connectivity index (χ1n) is 9.83. The lowest BCUT2D eigenvalue weighted by atomic mass is 10.1. The van der Waals surface area contributed by atoms with Crippen molar-refractivity contribution < 1.29 is 23.8 Å². The van der Waals surface area contributed by atoms with Crippen molar-refractivity contribution in [2.75, 3.05) is 20.3 Å². The summed E-state index contributed by atoms with van der Waals surface area (Å²) >= 11 is 0. The van der Waals surface area contributed by atoms with Gasteiger partial charge in [-0.25, -0.2) is 4.79 Å². The molecule has 2 rings (SSSR count). The Morgan fingerprint density at radius 3 is 2.52 bits per heavy atom. The number of hydrogen-bond acceptors (Lipinski definition) is 5. The zero-order valence-electron chi connectivity index (χ0n) is 17.1. The summed E-state index contributed by atoms with van der Waals surface area (Å²) in [5.41, 5.74) is 1.98.